The smallest absolute Gasteiger partial charge is 0.408 e. The number of alkyl halides is 3. The molecule has 5 rings (SSSR count). The highest BCUT2D eigenvalue weighted by molar-refractivity contribution is 5.82. The second-order valence-corrected chi connectivity index (χ2v) is 10.5. The minimum atomic E-state index is -4.43. The summed E-state index contributed by atoms with van der Waals surface area (Å²) in [5.41, 5.74) is 2.28. The van der Waals surface area contributed by atoms with Gasteiger partial charge in [0.15, 0.2) is 0 Å². The fraction of sp³-hybridized carbons (Fsp3) is 0.433. The summed E-state index contributed by atoms with van der Waals surface area (Å²) in [6.45, 7) is 7.78. The van der Waals surface area contributed by atoms with Crippen LogP contribution < -0.4 is 9.80 Å². The first-order valence-electron chi connectivity index (χ1n) is 13.6. The lowest BCUT2D eigenvalue weighted by Crippen LogP contribution is -2.31. The van der Waals surface area contributed by atoms with E-state index < -0.39 is 11.7 Å². The second-order valence-electron chi connectivity index (χ2n) is 10.5. The molecule has 1 fully saturated rings. The summed E-state index contributed by atoms with van der Waals surface area (Å²) in [6.07, 6.45) is 0.551. The zero-order valence-electron chi connectivity index (χ0n) is 22.6. The average molecular weight is 538 g/mol. The number of aromatic nitrogens is 3. The van der Waals surface area contributed by atoms with Crippen LogP contribution in [-0.4, -0.2) is 28.3 Å². The Labute approximate surface area is 226 Å². The molecule has 4 aromatic rings. The standard InChI is InChI=1S/C30H34F3N5O/c1-4-37(17-22-9-5-6-10-22)28-25(16-24-11-7-8-12-27(24)34-28)19-38(29-36-35-21(3)39-29)18-23-13-20(2)14-26(15-23)30(31,32)33/h7-8,11-16,22H,4-6,9-10,17-19H2,1-3H3. The van der Waals surface area contributed by atoms with Crippen molar-refractivity contribution in [2.75, 3.05) is 22.9 Å². The molecule has 0 bridgehead atoms. The summed E-state index contributed by atoms with van der Waals surface area (Å²) in [7, 11) is 0. The fourth-order valence-electron chi connectivity index (χ4n) is 5.56. The number of benzene rings is 2. The van der Waals surface area contributed by atoms with Crippen molar-refractivity contribution >= 4 is 22.7 Å². The van der Waals surface area contributed by atoms with Crippen molar-refractivity contribution in [2.24, 2.45) is 5.92 Å². The van der Waals surface area contributed by atoms with Crippen molar-refractivity contribution in [3.05, 3.63) is 76.7 Å². The van der Waals surface area contributed by atoms with Gasteiger partial charge in [0.05, 0.1) is 17.6 Å². The van der Waals surface area contributed by atoms with E-state index >= 15 is 0 Å². The molecule has 0 atom stereocenters. The molecular weight excluding hydrogens is 503 g/mol. The van der Waals surface area contributed by atoms with Crippen LogP contribution >= 0.6 is 0 Å². The number of nitrogens with zero attached hydrogens (tertiary/aromatic N) is 5. The second kappa shape index (κ2) is 11.2. The Morgan fingerprint density at radius 2 is 1.72 bits per heavy atom. The van der Waals surface area contributed by atoms with E-state index in [-0.39, 0.29) is 12.6 Å². The summed E-state index contributed by atoms with van der Waals surface area (Å²) >= 11 is 0. The highest BCUT2D eigenvalue weighted by Gasteiger charge is 2.31. The van der Waals surface area contributed by atoms with E-state index in [9.17, 15) is 13.2 Å². The van der Waals surface area contributed by atoms with Crippen LogP contribution in [0.3, 0.4) is 0 Å². The molecule has 0 radical (unpaired) electrons. The van der Waals surface area contributed by atoms with E-state index in [1.54, 1.807) is 19.9 Å². The molecule has 0 aliphatic heterocycles. The molecule has 2 aromatic carbocycles. The maximum absolute atomic E-state index is 13.6. The highest BCUT2D eigenvalue weighted by atomic mass is 19.4. The van der Waals surface area contributed by atoms with Crippen LogP contribution in [0.5, 0.6) is 0 Å². The van der Waals surface area contributed by atoms with Gasteiger partial charge in [-0.2, -0.15) is 13.2 Å². The summed E-state index contributed by atoms with van der Waals surface area (Å²) in [5, 5.41) is 9.22. The summed E-state index contributed by atoms with van der Waals surface area (Å²) in [6, 6.07) is 14.5. The maximum Gasteiger partial charge on any atom is 0.416 e. The van der Waals surface area contributed by atoms with Crippen LogP contribution in [0.2, 0.25) is 0 Å². The normalized spacial score (nSPS) is 14.3. The number of hydrogen-bond acceptors (Lipinski definition) is 6. The number of pyridine rings is 1. The number of aryl methyl sites for hydroxylation is 2. The number of para-hydroxylation sites is 1. The van der Waals surface area contributed by atoms with Gasteiger partial charge in [0, 0.05) is 37.5 Å². The van der Waals surface area contributed by atoms with Crippen molar-refractivity contribution in [3.8, 4) is 0 Å². The Balaban J connectivity index is 1.55. The molecule has 0 saturated heterocycles. The molecule has 0 N–H and O–H groups in total. The Morgan fingerprint density at radius 1 is 0.949 bits per heavy atom. The van der Waals surface area contributed by atoms with Crippen molar-refractivity contribution < 1.29 is 17.6 Å². The number of hydrogen-bond donors (Lipinski definition) is 0. The Hall–Kier alpha value is -3.62. The van der Waals surface area contributed by atoms with Gasteiger partial charge < -0.3 is 14.2 Å². The molecule has 6 nitrogen and oxygen atoms in total. The lowest BCUT2D eigenvalue weighted by Gasteiger charge is -2.29. The summed E-state index contributed by atoms with van der Waals surface area (Å²) in [5.74, 6) is 1.92. The minimum absolute atomic E-state index is 0.174. The molecule has 1 aliphatic carbocycles. The molecule has 0 unspecified atom stereocenters. The van der Waals surface area contributed by atoms with E-state index in [2.05, 4.69) is 28.1 Å². The molecule has 206 valence electrons. The third kappa shape index (κ3) is 6.34. The summed E-state index contributed by atoms with van der Waals surface area (Å²) in [4.78, 5) is 9.27. The van der Waals surface area contributed by atoms with Gasteiger partial charge in [-0.05, 0) is 62.4 Å². The van der Waals surface area contributed by atoms with Crippen LogP contribution in [0.15, 0.2) is 52.9 Å². The predicted octanol–water partition coefficient (Wildman–Crippen LogP) is 7.48. The van der Waals surface area contributed by atoms with E-state index in [1.165, 1.54) is 31.7 Å². The molecule has 2 heterocycles. The zero-order chi connectivity index (χ0) is 27.6. The molecule has 2 aromatic heterocycles. The quantitative estimate of drug-likeness (QED) is 0.221. The van der Waals surface area contributed by atoms with Crippen LogP contribution in [0.4, 0.5) is 25.0 Å². The van der Waals surface area contributed by atoms with Crippen molar-refractivity contribution in [2.45, 2.75) is 65.7 Å². The first-order valence-corrected chi connectivity index (χ1v) is 13.6. The molecule has 1 aliphatic rings. The molecular formula is C30H34F3N5O. The minimum Gasteiger partial charge on any atom is -0.408 e. The van der Waals surface area contributed by atoms with Crippen molar-refractivity contribution in [1.29, 1.82) is 0 Å². The summed E-state index contributed by atoms with van der Waals surface area (Å²) < 4.78 is 46.5. The Bertz CT molecular complexity index is 1430. The SMILES string of the molecule is CCN(CC1CCCC1)c1nc2ccccc2cc1CN(Cc1cc(C)cc(C(F)(F)F)c1)c1nnc(C)o1. The van der Waals surface area contributed by atoms with Crippen molar-refractivity contribution in [1.82, 2.24) is 15.2 Å². The topological polar surface area (TPSA) is 58.3 Å². The lowest BCUT2D eigenvalue weighted by molar-refractivity contribution is -0.137. The number of anilines is 2. The molecule has 0 spiro atoms. The van der Waals surface area contributed by atoms with Gasteiger partial charge in [0.1, 0.15) is 5.82 Å². The van der Waals surface area contributed by atoms with Gasteiger partial charge in [0.25, 0.3) is 0 Å². The predicted molar refractivity (Wildman–Crippen MR) is 147 cm³/mol. The van der Waals surface area contributed by atoms with Crippen LogP contribution in [0, 0.1) is 19.8 Å². The van der Waals surface area contributed by atoms with Crippen LogP contribution in [-0.2, 0) is 19.3 Å². The monoisotopic (exact) mass is 537 g/mol. The van der Waals surface area contributed by atoms with E-state index in [4.69, 9.17) is 9.40 Å². The van der Waals surface area contributed by atoms with Gasteiger partial charge in [-0.1, -0.05) is 47.8 Å². The first kappa shape index (κ1) is 27.0. The molecule has 0 amide bonds. The third-order valence-corrected chi connectivity index (χ3v) is 7.40. The highest BCUT2D eigenvalue weighted by Crippen LogP contribution is 2.33. The number of rotatable bonds is 9. The average Bonchev–Trinajstić information content (AvgIpc) is 3.57. The molecule has 1 saturated carbocycles. The van der Waals surface area contributed by atoms with E-state index in [1.807, 2.05) is 29.2 Å². The zero-order valence-corrected chi connectivity index (χ0v) is 22.6. The van der Waals surface area contributed by atoms with Gasteiger partial charge >= 0.3 is 12.2 Å². The first-order chi connectivity index (χ1) is 18.7. The van der Waals surface area contributed by atoms with Crippen molar-refractivity contribution in [3.63, 3.8) is 0 Å². The van der Waals surface area contributed by atoms with E-state index in [0.29, 0.717) is 29.5 Å². The third-order valence-electron chi connectivity index (χ3n) is 7.40. The molecule has 39 heavy (non-hydrogen) atoms. The van der Waals surface area contributed by atoms with Crippen LogP contribution in [0.25, 0.3) is 10.9 Å². The maximum atomic E-state index is 13.6. The van der Waals surface area contributed by atoms with Gasteiger partial charge in [-0.15, -0.1) is 5.10 Å². The van der Waals surface area contributed by atoms with E-state index in [0.717, 1.165) is 41.4 Å². The lowest BCUT2D eigenvalue weighted by atomic mass is 10.0. The van der Waals surface area contributed by atoms with Crippen LogP contribution in [0.1, 0.15) is 60.8 Å². The van der Waals surface area contributed by atoms with Gasteiger partial charge in [-0.25, -0.2) is 4.98 Å². The Kier molecular flexibility index (Phi) is 7.77. The Morgan fingerprint density at radius 3 is 2.41 bits per heavy atom. The number of halogens is 3. The number of fused-ring (bicyclic) bond motifs is 1. The largest absolute Gasteiger partial charge is 0.416 e. The molecule has 9 heteroatoms. The van der Waals surface area contributed by atoms with Gasteiger partial charge in [-0.3, -0.25) is 0 Å². The van der Waals surface area contributed by atoms with Gasteiger partial charge in [0.2, 0.25) is 5.89 Å². The fourth-order valence-corrected chi connectivity index (χ4v) is 5.56.